The van der Waals surface area contributed by atoms with Crippen LogP contribution in [0.5, 0.6) is 5.75 Å². The molecule has 0 atom stereocenters. The molecule has 7 nitrogen and oxygen atoms in total. The molecule has 0 radical (unpaired) electrons. The average Bonchev–Trinajstić information content (AvgIpc) is 2.93. The molecular formula is C32H43ClN4O3. The van der Waals surface area contributed by atoms with E-state index in [0.29, 0.717) is 34.0 Å². The van der Waals surface area contributed by atoms with Crippen molar-refractivity contribution in [2.75, 3.05) is 13.1 Å². The van der Waals surface area contributed by atoms with Crippen LogP contribution in [-0.4, -0.2) is 37.0 Å². The Kier molecular flexibility index (Phi) is 11.0. The van der Waals surface area contributed by atoms with Crippen LogP contribution in [0.3, 0.4) is 0 Å². The fourth-order valence-corrected chi connectivity index (χ4v) is 6.25. The topological polar surface area (TPSA) is 117 Å². The van der Waals surface area contributed by atoms with Crippen LogP contribution in [0.2, 0.25) is 5.02 Å². The smallest absolute Gasteiger partial charge is 0.251 e. The second-order valence-corrected chi connectivity index (χ2v) is 12.3. The molecule has 0 unspecified atom stereocenters. The van der Waals surface area contributed by atoms with Gasteiger partial charge in [-0.25, -0.2) is 0 Å². The van der Waals surface area contributed by atoms with Crippen molar-refractivity contribution in [1.82, 2.24) is 10.6 Å². The number of nitrogens with one attached hydrogen (secondary N) is 2. The van der Waals surface area contributed by atoms with E-state index in [2.05, 4.69) is 44.4 Å². The number of halogens is 1. The Hall–Kier alpha value is -3.08. The van der Waals surface area contributed by atoms with Crippen molar-refractivity contribution in [2.24, 2.45) is 16.6 Å². The number of hydrogen-bond donors (Lipinski definition) is 3. The predicted molar refractivity (Wildman–Crippen MR) is 160 cm³/mol. The van der Waals surface area contributed by atoms with E-state index in [1.165, 1.54) is 25.7 Å². The summed E-state index contributed by atoms with van der Waals surface area (Å²) in [5, 5.41) is 15.6. The molecule has 0 saturated heterocycles. The number of carbonyl (C=O) groups is 2. The molecule has 2 amide bonds. The molecule has 2 aromatic rings. The largest absolute Gasteiger partial charge is 0.489 e. The van der Waals surface area contributed by atoms with Gasteiger partial charge in [0.2, 0.25) is 0 Å². The summed E-state index contributed by atoms with van der Waals surface area (Å²) in [6.45, 7) is 9.67. The average molecular weight is 567 g/mol. The van der Waals surface area contributed by atoms with Crippen LogP contribution in [0.1, 0.15) is 98.9 Å². The van der Waals surface area contributed by atoms with Crippen molar-refractivity contribution in [2.45, 2.75) is 84.8 Å². The number of amides is 2. The van der Waals surface area contributed by atoms with Gasteiger partial charge in [-0.1, -0.05) is 71.4 Å². The summed E-state index contributed by atoms with van der Waals surface area (Å²) in [4.78, 5) is 25.7. The molecule has 0 bridgehead atoms. The third-order valence-corrected chi connectivity index (χ3v) is 8.32. The zero-order valence-corrected chi connectivity index (χ0v) is 24.9. The fraction of sp³-hybridized carbons (Fsp3) is 0.531. The Morgan fingerprint density at radius 3 is 2.00 bits per heavy atom. The van der Waals surface area contributed by atoms with Gasteiger partial charge in [0.05, 0.1) is 10.6 Å². The Morgan fingerprint density at radius 1 is 0.900 bits per heavy atom. The number of nitrogens with zero attached hydrogens (tertiary/aromatic N) is 1. The summed E-state index contributed by atoms with van der Waals surface area (Å²) in [6, 6.07) is 13.7. The third kappa shape index (κ3) is 7.56. The quantitative estimate of drug-likeness (QED) is 0.234. The van der Waals surface area contributed by atoms with E-state index in [9.17, 15) is 9.59 Å². The predicted octanol–water partition coefficient (Wildman–Crippen LogP) is 6.24. The molecule has 1 fully saturated rings. The zero-order chi connectivity index (χ0) is 29.3. The standard InChI is InChI=1S/C32H43ClN4O3/c1-31(2)29(32(3,4)30(31)40-25-17-16-24(21-35)26(33)20-25)37-28(39)23-14-12-22(13-15-23)27(38)36-19-11-9-7-5-6-8-10-18-34/h12-17,20,29-30H,5-11,18-19,34H2,1-4H3,(H,36,38)(H,37,39). The van der Waals surface area contributed by atoms with Gasteiger partial charge in [0.1, 0.15) is 17.9 Å². The number of nitrogens with two attached hydrogens (primary N) is 1. The van der Waals surface area contributed by atoms with E-state index < -0.39 is 0 Å². The summed E-state index contributed by atoms with van der Waals surface area (Å²) < 4.78 is 6.30. The lowest BCUT2D eigenvalue weighted by Gasteiger charge is -2.63. The van der Waals surface area contributed by atoms with Crippen molar-refractivity contribution in [1.29, 1.82) is 5.26 Å². The molecule has 40 heavy (non-hydrogen) atoms. The van der Waals surface area contributed by atoms with Crippen LogP contribution in [0.15, 0.2) is 42.5 Å². The molecule has 1 saturated carbocycles. The minimum absolute atomic E-state index is 0.126. The summed E-state index contributed by atoms with van der Waals surface area (Å²) in [5.41, 5.74) is 6.24. The lowest BCUT2D eigenvalue weighted by Crippen LogP contribution is -2.74. The Labute approximate surface area is 243 Å². The summed E-state index contributed by atoms with van der Waals surface area (Å²) in [7, 11) is 0. The Bertz CT molecular complexity index is 1190. The molecule has 0 heterocycles. The Balaban J connectivity index is 1.49. The number of carbonyl (C=O) groups excluding carboxylic acids is 2. The zero-order valence-electron chi connectivity index (χ0n) is 24.2. The van der Waals surface area contributed by atoms with Gasteiger partial charge >= 0.3 is 0 Å². The number of benzene rings is 2. The van der Waals surface area contributed by atoms with E-state index in [1.54, 1.807) is 42.5 Å². The van der Waals surface area contributed by atoms with Crippen molar-refractivity contribution in [3.63, 3.8) is 0 Å². The van der Waals surface area contributed by atoms with Crippen LogP contribution >= 0.6 is 11.6 Å². The van der Waals surface area contributed by atoms with Crippen LogP contribution in [0.4, 0.5) is 0 Å². The summed E-state index contributed by atoms with van der Waals surface area (Å²) >= 11 is 6.19. The first-order chi connectivity index (χ1) is 19.0. The normalized spacial score (nSPS) is 18.7. The van der Waals surface area contributed by atoms with E-state index in [-0.39, 0.29) is 34.8 Å². The molecule has 0 aromatic heterocycles. The number of rotatable bonds is 14. The second kappa shape index (κ2) is 14.0. The van der Waals surface area contributed by atoms with Crippen LogP contribution in [0.25, 0.3) is 0 Å². The fourth-order valence-electron chi connectivity index (χ4n) is 6.04. The lowest BCUT2D eigenvalue weighted by atomic mass is 9.49. The number of hydrogen-bond acceptors (Lipinski definition) is 5. The highest BCUT2D eigenvalue weighted by atomic mass is 35.5. The van der Waals surface area contributed by atoms with Gasteiger partial charge in [-0.15, -0.1) is 0 Å². The number of ether oxygens (including phenoxy) is 1. The van der Waals surface area contributed by atoms with Crippen molar-refractivity contribution < 1.29 is 14.3 Å². The molecule has 0 spiro atoms. The van der Waals surface area contributed by atoms with Crippen LogP contribution in [-0.2, 0) is 0 Å². The Morgan fingerprint density at radius 2 is 1.45 bits per heavy atom. The molecule has 1 aliphatic rings. The van der Waals surface area contributed by atoms with Gasteiger partial charge in [-0.3, -0.25) is 9.59 Å². The highest BCUT2D eigenvalue weighted by molar-refractivity contribution is 6.31. The molecule has 0 aliphatic heterocycles. The highest BCUT2D eigenvalue weighted by Crippen LogP contribution is 2.55. The van der Waals surface area contributed by atoms with Gasteiger partial charge in [0.25, 0.3) is 11.8 Å². The maximum atomic E-state index is 13.1. The highest BCUT2D eigenvalue weighted by Gasteiger charge is 2.64. The first kappa shape index (κ1) is 31.4. The maximum Gasteiger partial charge on any atom is 0.251 e. The summed E-state index contributed by atoms with van der Waals surface area (Å²) in [5.74, 6) is 0.274. The SMILES string of the molecule is CC1(C)C(NC(=O)c2ccc(C(=O)NCCCCCCCCCN)cc2)C(C)(C)C1Oc1ccc(C#N)c(Cl)c1. The van der Waals surface area contributed by atoms with E-state index >= 15 is 0 Å². The third-order valence-electron chi connectivity index (χ3n) is 8.01. The monoisotopic (exact) mass is 566 g/mol. The van der Waals surface area contributed by atoms with E-state index in [1.807, 2.05) is 0 Å². The number of unbranched alkanes of at least 4 members (excludes halogenated alkanes) is 6. The minimum Gasteiger partial charge on any atom is -0.489 e. The van der Waals surface area contributed by atoms with Gasteiger partial charge < -0.3 is 21.1 Å². The van der Waals surface area contributed by atoms with Crippen LogP contribution in [0, 0.1) is 22.2 Å². The van der Waals surface area contributed by atoms with Gasteiger partial charge in [0, 0.05) is 40.6 Å². The molecule has 4 N–H and O–H groups in total. The van der Waals surface area contributed by atoms with Gasteiger partial charge in [-0.2, -0.15) is 5.26 Å². The van der Waals surface area contributed by atoms with Gasteiger partial charge in [0.15, 0.2) is 0 Å². The first-order valence-electron chi connectivity index (χ1n) is 14.3. The molecule has 1 aliphatic carbocycles. The lowest BCUT2D eigenvalue weighted by molar-refractivity contribution is -0.164. The minimum atomic E-state index is -0.357. The molecule has 2 aromatic carbocycles. The van der Waals surface area contributed by atoms with Gasteiger partial charge in [-0.05, 0) is 55.8 Å². The maximum absolute atomic E-state index is 13.1. The van der Waals surface area contributed by atoms with Crippen LogP contribution < -0.4 is 21.1 Å². The molecule has 3 rings (SSSR count). The summed E-state index contributed by atoms with van der Waals surface area (Å²) in [6.07, 6.45) is 7.78. The number of nitriles is 1. The molecule has 8 heteroatoms. The van der Waals surface area contributed by atoms with E-state index in [4.69, 9.17) is 27.3 Å². The van der Waals surface area contributed by atoms with E-state index in [0.717, 1.165) is 25.8 Å². The van der Waals surface area contributed by atoms with Crippen molar-refractivity contribution in [3.8, 4) is 11.8 Å². The molecular weight excluding hydrogens is 524 g/mol. The second-order valence-electron chi connectivity index (χ2n) is 11.9. The van der Waals surface area contributed by atoms with Crippen molar-refractivity contribution in [3.05, 3.63) is 64.2 Å². The molecule has 216 valence electrons. The van der Waals surface area contributed by atoms with Crippen molar-refractivity contribution >= 4 is 23.4 Å². The first-order valence-corrected chi connectivity index (χ1v) is 14.7.